The number of carbonyl (C=O) groups excluding carboxylic acids is 1. The molecule has 27 heavy (non-hydrogen) atoms. The molecule has 0 aliphatic heterocycles. The molecule has 4 rings (SSSR count). The molecule has 1 N–H and O–H groups in total. The maximum Gasteiger partial charge on any atom is 0.220 e. The number of hydrogen-bond donors (Lipinski definition) is 1. The second-order valence-corrected chi connectivity index (χ2v) is 6.30. The summed E-state index contributed by atoms with van der Waals surface area (Å²) in [5.41, 5.74) is 3.50. The van der Waals surface area contributed by atoms with Gasteiger partial charge >= 0.3 is 0 Å². The zero-order valence-electron chi connectivity index (χ0n) is 14.9. The van der Waals surface area contributed by atoms with E-state index in [2.05, 4.69) is 20.4 Å². The van der Waals surface area contributed by atoms with Crippen molar-refractivity contribution in [1.82, 2.24) is 25.1 Å². The number of fused-ring (bicyclic) bond motifs is 1. The van der Waals surface area contributed by atoms with Crippen LogP contribution in [-0.4, -0.2) is 25.7 Å². The number of oxazole rings is 1. The van der Waals surface area contributed by atoms with E-state index in [1.165, 1.54) is 6.33 Å². The summed E-state index contributed by atoms with van der Waals surface area (Å²) in [5.74, 6) is 0.543. The molecule has 2 heterocycles. The van der Waals surface area contributed by atoms with Crippen molar-refractivity contribution in [3.05, 3.63) is 72.6 Å². The number of nitrogens with one attached hydrogen (secondary N) is 1. The van der Waals surface area contributed by atoms with Gasteiger partial charge in [0.1, 0.15) is 18.2 Å². The highest BCUT2D eigenvalue weighted by atomic mass is 16.3. The molecule has 136 valence electrons. The van der Waals surface area contributed by atoms with Crippen LogP contribution < -0.4 is 5.32 Å². The number of para-hydroxylation sites is 2. The van der Waals surface area contributed by atoms with Crippen LogP contribution in [0, 0.1) is 0 Å². The minimum atomic E-state index is -0.0917. The second-order valence-electron chi connectivity index (χ2n) is 6.30. The summed E-state index contributed by atoms with van der Waals surface area (Å²) in [5, 5.41) is 7.11. The number of hydrogen-bond acceptors (Lipinski definition) is 5. The number of rotatable bonds is 6. The fourth-order valence-electron chi connectivity index (χ4n) is 2.90. The van der Waals surface area contributed by atoms with E-state index >= 15 is 0 Å². The maximum absolute atomic E-state index is 12.3. The first-order valence-electron chi connectivity index (χ1n) is 8.78. The van der Waals surface area contributed by atoms with Crippen molar-refractivity contribution in [3.8, 4) is 5.69 Å². The van der Waals surface area contributed by atoms with E-state index in [1.807, 2.05) is 55.5 Å². The average molecular weight is 361 g/mol. The summed E-state index contributed by atoms with van der Waals surface area (Å²) in [6.07, 6.45) is 3.94. The van der Waals surface area contributed by atoms with Crippen LogP contribution in [0.5, 0.6) is 0 Å². The molecule has 0 aliphatic carbocycles. The predicted octanol–water partition coefficient (Wildman–Crippen LogP) is 3.22. The highest BCUT2D eigenvalue weighted by Gasteiger charge is 2.12. The topological polar surface area (TPSA) is 85.8 Å². The van der Waals surface area contributed by atoms with Gasteiger partial charge in [0.25, 0.3) is 0 Å². The van der Waals surface area contributed by atoms with E-state index in [0.717, 1.165) is 22.4 Å². The van der Waals surface area contributed by atoms with Crippen LogP contribution in [-0.2, 0) is 11.2 Å². The maximum atomic E-state index is 12.3. The van der Waals surface area contributed by atoms with E-state index in [9.17, 15) is 4.79 Å². The number of nitrogens with zero attached hydrogens (tertiary/aromatic N) is 4. The summed E-state index contributed by atoms with van der Waals surface area (Å²) < 4.78 is 7.34. The molecule has 2 aromatic heterocycles. The fourth-order valence-corrected chi connectivity index (χ4v) is 2.90. The molecule has 7 heteroatoms. The van der Waals surface area contributed by atoms with E-state index in [4.69, 9.17) is 4.42 Å². The van der Waals surface area contributed by atoms with Gasteiger partial charge in [-0.3, -0.25) is 4.79 Å². The molecule has 0 radical (unpaired) electrons. The van der Waals surface area contributed by atoms with Crippen LogP contribution in [0.3, 0.4) is 0 Å². The van der Waals surface area contributed by atoms with Gasteiger partial charge in [-0.25, -0.2) is 14.6 Å². The van der Waals surface area contributed by atoms with Crippen LogP contribution in [0.1, 0.15) is 30.8 Å². The third-order valence-corrected chi connectivity index (χ3v) is 4.36. The Hall–Kier alpha value is -3.48. The summed E-state index contributed by atoms with van der Waals surface area (Å²) >= 11 is 0. The van der Waals surface area contributed by atoms with E-state index < -0.39 is 0 Å². The van der Waals surface area contributed by atoms with Gasteiger partial charge in [0.15, 0.2) is 11.5 Å². The molecule has 7 nitrogen and oxygen atoms in total. The quantitative estimate of drug-likeness (QED) is 0.570. The molecule has 0 fully saturated rings. The summed E-state index contributed by atoms with van der Waals surface area (Å²) in [6.45, 7) is 1.96. The lowest BCUT2D eigenvalue weighted by molar-refractivity contribution is -0.121. The first-order chi connectivity index (χ1) is 13.2. The Morgan fingerprint density at radius 3 is 2.74 bits per heavy atom. The van der Waals surface area contributed by atoms with Gasteiger partial charge in [0.05, 0.1) is 11.7 Å². The van der Waals surface area contributed by atoms with Gasteiger partial charge in [-0.05, 0) is 36.8 Å². The SMILES string of the molecule is C[C@H](NC(=O)CCc1nc2ccccc2o1)c1ccc(-n2cncn2)cc1. The number of aromatic nitrogens is 4. The summed E-state index contributed by atoms with van der Waals surface area (Å²) in [6, 6.07) is 15.3. The first-order valence-corrected chi connectivity index (χ1v) is 8.78. The third-order valence-electron chi connectivity index (χ3n) is 4.36. The zero-order chi connectivity index (χ0) is 18.6. The lowest BCUT2D eigenvalue weighted by Gasteiger charge is -2.14. The number of carbonyl (C=O) groups is 1. The molecule has 0 bridgehead atoms. The van der Waals surface area contributed by atoms with Crippen LogP contribution in [0.2, 0.25) is 0 Å². The normalized spacial score (nSPS) is 12.2. The van der Waals surface area contributed by atoms with Gasteiger partial charge in [-0.1, -0.05) is 24.3 Å². The Kier molecular flexibility index (Phi) is 4.65. The highest BCUT2D eigenvalue weighted by molar-refractivity contribution is 5.77. The minimum absolute atomic E-state index is 0.0369. The number of aryl methyl sites for hydroxylation is 1. The summed E-state index contributed by atoms with van der Waals surface area (Å²) in [4.78, 5) is 20.6. The van der Waals surface area contributed by atoms with Crippen molar-refractivity contribution in [3.63, 3.8) is 0 Å². The number of amides is 1. The fraction of sp³-hybridized carbons (Fsp3) is 0.200. The smallest absolute Gasteiger partial charge is 0.220 e. The van der Waals surface area contributed by atoms with E-state index in [0.29, 0.717) is 18.7 Å². The largest absolute Gasteiger partial charge is 0.441 e. The molecule has 0 aliphatic rings. The minimum Gasteiger partial charge on any atom is -0.441 e. The Morgan fingerprint density at radius 2 is 2.00 bits per heavy atom. The highest BCUT2D eigenvalue weighted by Crippen LogP contribution is 2.17. The van der Waals surface area contributed by atoms with Crippen molar-refractivity contribution in [1.29, 1.82) is 0 Å². The van der Waals surface area contributed by atoms with Gasteiger partial charge in [-0.2, -0.15) is 5.10 Å². The average Bonchev–Trinajstić information content (AvgIpc) is 3.36. The van der Waals surface area contributed by atoms with Crippen molar-refractivity contribution in [2.24, 2.45) is 0 Å². The first kappa shape index (κ1) is 17.0. The Bertz CT molecular complexity index is 1000. The zero-order valence-corrected chi connectivity index (χ0v) is 14.9. The van der Waals surface area contributed by atoms with Crippen molar-refractivity contribution in [2.45, 2.75) is 25.8 Å². The second kappa shape index (κ2) is 7.41. The lowest BCUT2D eigenvalue weighted by Crippen LogP contribution is -2.26. The molecule has 1 atom stereocenters. The monoisotopic (exact) mass is 361 g/mol. The van der Waals surface area contributed by atoms with Crippen LogP contribution in [0.4, 0.5) is 0 Å². The lowest BCUT2D eigenvalue weighted by atomic mass is 10.1. The van der Waals surface area contributed by atoms with Gasteiger partial charge in [0, 0.05) is 12.8 Å². The summed E-state index contributed by atoms with van der Waals surface area (Å²) in [7, 11) is 0. The Morgan fingerprint density at radius 1 is 1.19 bits per heavy atom. The number of benzene rings is 2. The molecule has 1 amide bonds. The molecule has 0 unspecified atom stereocenters. The van der Waals surface area contributed by atoms with Gasteiger partial charge in [0.2, 0.25) is 5.91 Å². The van der Waals surface area contributed by atoms with Crippen LogP contribution in [0.15, 0.2) is 65.6 Å². The van der Waals surface area contributed by atoms with Crippen molar-refractivity contribution < 1.29 is 9.21 Å². The van der Waals surface area contributed by atoms with Crippen molar-refractivity contribution >= 4 is 17.0 Å². The Labute approximate surface area is 156 Å². The van der Waals surface area contributed by atoms with Crippen molar-refractivity contribution in [2.75, 3.05) is 0 Å². The standard InChI is InChI=1S/C20H19N5O2/c1-14(15-6-8-16(9-7-15)25-13-21-12-22-25)23-19(26)10-11-20-24-17-4-2-3-5-18(17)27-20/h2-9,12-14H,10-11H2,1H3,(H,23,26)/t14-/m0/s1. The predicted molar refractivity (Wildman–Crippen MR) is 100 cm³/mol. The van der Waals surface area contributed by atoms with Crippen LogP contribution >= 0.6 is 0 Å². The Balaban J connectivity index is 1.33. The molecule has 2 aromatic carbocycles. The van der Waals surface area contributed by atoms with Gasteiger partial charge in [-0.15, -0.1) is 0 Å². The van der Waals surface area contributed by atoms with E-state index in [-0.39, 0.29) is 11.9 Å². The van der Waals surface area contributed by atoms with Gasteiger partial charge < -0.3 is 9.73 Å². The molecule has 4 aromatic rings. The molecule has 0 saturated carbocycles. The third kappa shape index (κ3) is 3.87. The molecular formula is C20H19N5O2. The molecule has 0 spiro atoms. The van der Waals surface area contributed by atoms with E-state index in [1.54, 1.807) is 11.0 Å². The van der Waals surface area contributed by atoms with Crippen LogP contribution in [0.25, 0.3) is 16.8 Å². The molecular weight excluding hydrogens is 342 g/mol. The molecule has 0 saturated heterocycles.